The minimum Gasteiger partial charge on any atom is -0.336 e. The minimum atomic E-state index is -0.599. The lowest BCUT2D eigenvalue weighted by atomic mass is 10.2. The van der Waals surface area contributed by atoms with Crippen LogP contribution in [0.5, 0.6) is 0 Å². The zero-order valence-corrected chi connectivity index (χ0v) is 15.6. The van der Waals surface area contributed by atoms with Gasteiger partial charge in [-0.3, -0.25) is 14.4 Å². The van der Waals surface area contributed by atoms with Crippen LogP contribution in [0.3, 0.4) is 0 Å². The summed E-state index contributed by atoms with van der Waals surface area (Å²) in [6.07, 6.45) is 0. The molecule has 1 atom stereocenters. The summed E-state index contributed by atoms with van der Waals surface area (Å²) in [6, 6.07) is -0.176. The van der Waals surface area contributed by atoms with Crippen LogP contribution in [0.2, 0.25) is 0 Å². The summed E-state index contributed by atoms with van der Waals surface area (Å²) in [5.74, 6) is -1.32. The highest BCUT2D eigenvalue weighted by atomic mass is 32.1. The SMILES string of the molecule is CCN1CCN(CC(=O)N(C)[C@H](C)c2nc(C)sc2C)C(=O)C1=O. The van der Waals surface area contributed by atoms with Gasteiger partial charge in [0, 0.05) is 31.6 Å². The van der Waals surface area contributed by atoms with E-state index < -0.39 is 11.8 Å². The number of amides is 3. The van der Waals surface area contributed by atoms with E-state index in [0.29, 0.717) is 19.6 Å². The van der Waals surface area contributed by atoms with Crippen LogP contribution in [0.4, 0.5) is 0 Å². The van der Waals surface area contributed by atoms with Crippen LogP contribution in [-0.4, -0.2) is 70.6 Å². The van der Waals surface area contributed by atoms with Gasteiger partial charge in [0.05, 0.1) is 16.7 Å². The Bertz CT molecular complexity index is 658. The predicted molar refractivity (Wildman–Crippen MR) is 91.6 cm³/mol. The Labute approximate surface area is 146 Å². The van der Waals surface area contributed by atoms with Gasteiger partial charge in [0.2, 0.25) is 5.91 Å². The molecular weight excluding hydrogens is 328 g/mol. The van der Waals surface area contributed by atoms with Crippen molar-refractivity contribution < 1.29 is 14.4 Å². The molecule has 24 heavy (non-hydrogen) atoms. The molecule has 0 radical (unpaired) electrons. The zero-order valence-electron chi connectivity index (χ0n) is 14.8. The lowest BCUT2D eigenvalue weighted by Gasteiger charge is -2.34. The van der Waals surface area contributed by atoms with Crippen LogP contribution < -0.4 is 0 Å². The highest BCUT2D eigenvalue weighted by Gasteiger charge is 2.33. The number of aryl methyl sites for hydroxylation is 2. The van der Waals surface area contributed by atoms with E-state index in [9.17, 15) is 14.4 Å². The highest BCUT2D eigenvalue weighted by Crippen LogP contribution is 2.26. The van der Waals surface area contributed by atoms with Gasteiger partial charge in [-0.2, -0.15) is 0 Å². The van der Waals surface area contributed by atoms with Crippen molar-refractivity contribution >= 4 is 29.1 Å². The number of hydrogen-bond acceptors (Lipinski definition) is 5. The Morgan fingerprint density at radius 1 is 1.25 bits per heavy atom. The monoisotopic (exact) mass is 352 g/mol. The van der Waals surface area contributed by atoms with Crippen LogP contribution in [0, 0.1) is 13.8 Å². The van der Waals surface area contributed by atoms with E-state index in [2.05, 4.69) is 4.98 Å². The summed E-state index contributed by atoms with van der Waals surface area (Å²) in [5.41, 5.74) is 0.881. The molecule has 7 nitrogen and oxygen atoms in total. The van der Waals surface area contributed by atoms with E-state index in [0.717, 1.165) is 15.6 Å². The molecule has 0 N–H and O–H groups in total. The Hall–Kier alpha value is -1.96. The number of rotatable bonds is 5. The summed E-state index contributed by atoms with van der Waals surface area (Å²) in [6.45, 7) is 8.96. The first-order valence-electron chi connectivity index (χ1n) is 8.04. The summed E-state index contributed by atoms with van der Waals surface area (Å²) < 4.78 is 0. The second-order valence-corrected chi connectivity index (χ2v) is 7.37. The maximum Gasteiger partial charge on any atom is 0.312 e. The number of aromatic nitrogens is 1. The molecule has 1 aromatic rings. The average Bonchev–Trinajstić information content (AvgIpc) is 2.89. The van der Waals surface area contributed by atoms with Gasteiger partial charge in [0.25, 0.3) is 0 Å². The maximum absolute atomic E-state index is 12.5. The third-order valence-electron chi connectivity index (χ3n) is 4.41. The number of piperazine rings is 1. The van der Waals surface area contributed by atoms with E-state index >= 15 is 0 Å². The van der Waals surface area contributed by atoms with E-state index in [-0.39, 0.29) is 18.5 Å². The van der Waals surface area contributed by atoms with E-state index in [1.165, 1.54) is 9.80 Å². The first-order valence-corrected chi connectivity index (χ1v) is 8.85. The molecule has 0 aromatic carbocycles. The molecule has 0 saturated carbocycles. The fourth-order valence-electron chi connectivity index (χ4n) is 2.77. The minimum absolute atomic E-state index is 0.0782. The van der Waals surface area contributed by atoms with Crippen molar-refractivity contribution in [3.05, 3.63) is 15.6 Å². The molecule has 0 spiro atoms. The molecule has 1 fully saturated rings. The molecule has 1 aliphatic rings. The molecule has 3 amide bonds. The fourth-order valence-corrected chi connectivity index (χ4v) is 3.68. The first kappa shape index (κ1) is 18.4. The normalized spacial score (nSPS) is 16.5. The fraction of sp³-hybridized carbons (Fsp3) is 0.625. The van der Waals surface area contributed by atoms with Crippen molar-refractivity contribution in [2.75, 3.05) is 33.2 Å². The summed E-state index contributed by atoms with van der Waals surface area (Å²) >= 11 is 1.60. The Balaban J connectivity index is 2.03. The number of thiazole rings is 1. The molecule has 0 aliphatic carbocycles. The van der Waals surface area contributed by atoms with Gasteiger partial charge in [-0.15, -0.1) is 11.3 Å². The third-order valence-corrected chi connectivity index (χ3v) is 5.32. The molecule has 2 rings (SSSR count). The van der Waals surface area contributed by atoms with Crippen molar-refractivity contribution in [3.8, 4) is 0 Å². The third kappa shape index (κ3) is 3.58. The van der Waals surface area contributed by atoms with E-state index in [1.807, 2.05) is 27.7 Å². The molecule has 0 unspecified atom stereocenters. The largest absolute Gasteiger partial charge is 0.336 e. The van der Waals surface area contributed by atoms with E-state index in [1.54, 1.807) is 23.3 Å². The van der Waals surface area contributed by atoms with Crippen molar-refractivity contribution in [1.82, 2.24) is 19.7 Å². The second-order valence-electron chi connectivity index (χ2n) is 5.97. The van der Waals surface area contributed by atoms with Crippen LogP contribution in [-0.2, 0) is 14.4 Å². The molecule has 1 aliphatic heterocycles. The van der Waals surface area contributed by atoms with E-state index in [4.69, 9.17) is 0 Å². The number of carbonyl (C=O) groups is 3. The topological polar surface area (TPSA) is 73.8 Å². The molecule has 8 heteroatoms. The van der Waals surface area contributed by atoms with Gasteiger partial charge in [0.15, 0.2) is 0 Å². The van der Waals surface area contributed by atoms with Crippen molar-refractivity contribution in [1.29, 1.82) is 0 Å². The van der Waals surface area contributed by atoms with Gasteiger partial charge in [-0.25, -0.2) is 4.98 Å². The van der Waals surface area contributed by atoms with Gasteiger partial charge < -0.3 is 14.7 Å². The summed E-state index contributed by atoms with van der Waals surface area (Å²) in [7, 11) is 1.70. The zero-order chi connectivity index (χ0) is 18.0. The van der Waals surface area contributed by atoms with Crippen LogP contribution >= 0.6 is 11.3 Å². The molecule has 2 heterocycles. The maximum atomic E-state index is 12.5. The molecular formula is C16H24N4O3S. The Morgan fingerprint density at radius 3 is 2.38 bits per heavy atom. The van der Waals surface area contributed by atoms with Gasteiger partial charge in [-0.05, 0) is 27.7 Å². The number of nitrogens with zero attached hydrogens (tertiary/aromatic N) is 4. The molecule has 132 valence electrons. The van der Waals surface area contributed by atoms with Crippen molar-refractivity contribution in [2.45, 2.75) is 33.7 Å². The smallest absolute Gasteiger partial charge is 0.312 e. The second kappa shape index (κ2) is 7.29. The average molecular weight is 352 g/mol. The predicted octanol–water partition coefficient (Wildman–Crippen LogP) is 0.970. The molecule has 0 bridgehead atoms. The number of carbonyl (C=O) groups excluding carboxylic acids is 3. The summed E-state index contributed by atoms with van der Waals surface area (Å²) in [4.78, 5) is 46.6. The lowest BCUT2D eigenvalue weighted by molar-refractivity contribution is -0.157. The number of likely N-dealkylation sites (N-methyl/N-ethyl adjacent to an activating group) is 2. The van der Waals surface area contributed by atoms with Gasteiger partial charge in [0.1, 0.15) is 6.54 Å². The Kier molecular flexibility index (Phi) is 5.58. The summed E-state index contributed by atoms with van der Waals surface area (Å²) in [5, 5.41) is 0.965. The highest BCUT2D eigenvalue weighted by molar-refractivity contribution is 7.11. The van der Waals surface area contributed by atoms with Crippen LogP contribution in [0.25, 0.3) is 0 Å². The van der Waals surface area contributed by atoms with Crippen molar-refractivity contribution in [3.63, 3.8) is 0 Å². The quantitative estimate of drug-likeness (QED) is 0.740. The van der Waals surface area contributed by atoms with Crippen molar-refractivity contribution in [2.24, 2.45) is 0 Å². The molecule has 1 aromatic heterocycles. The van der Waals surface area contributed by atoms with Gasteiger partial charge >= 0.3 is 11.8 Å². The van der Waals surface area contributed by atoms with Crippen LogP contribution in [0.1, 0.15) is 35.5 Å². The Morgan fingerprint density at radius 2 is 1.83 bits per heavy atom. The lowest BCUT2D eigenvalue weighted by Crippen LogP contribution is -2.56. The molecule has 1 saturated heterocycles. The number of hydrogen-bond donors (Lipinski definition) is 0. The van der Waals surface area contributed by atoms with Gasteiger partial charge in [-0.1, -0.05) is 0 Å². The van der Waals surface area contributed by atoms with Crippen LogP contribution in [0.15, 0.2) is 0 Å². The first-order chi connectivity index (χ1) is 11.3. The standard InChI is InChI=1S/C16H24N4O3S/c1-6-19-7-8-20(16(23)15(19)22)9-13(21)18(5)10(2)14-11(3)24-12(4)17-14/h10H,6-9H2,1-5H3/t10-/m1/s1.